The molecule has 0 aromatic rings. The Morgan fingerprint density at radius 1 is 0.280 bits per heavy atom. The third-order valence-corrected chi connectivity index (χ3v) is 3.36. The Morgan fingerprint density at radius 3 is 0.520 bits per heavy atom. The van der Waals surface area contributed by atoms with Crippen LogP contribution in [0.2, 0.25) is 0 Å². The topological polar surface area (TPSA) is 98.9 Å². The van der Waals surface area contributed by atoms with Gasteiger partial charge in [-0.25, -0.2) is 39.9 Å². The number of rotatable bonds is 0. The van der Waals surface area contributed by atoms with Crippen molar-refractivity contribution >= 4 is 46.7 Å². The van der Waals surface area contributed by atoms with Gasteiger partial charge in [0.25, 0.3) is 0 Å². The van der Waals surface area contributed by atoms with E-state index >= 15 is 0 Å². The van der Waals surface area contributed by atoms with E-state index in [1.54, 1.807) is 48.6 Å². The molecule has 5 aliphatic rings. The Balaban J connectivity index is 0.00000157. The second-order valence-electron chi connectivity index (χ2n) is 5.09. The van der Waals surface area contributed by atoms with Crippen LogP contribution in [0.1, 0.15) is 0 Å². The molecule has 0 unspecified atom stereocenters. The quantitative estimate of drug-likeness (QED) is 0.616. The van der Waals surface area contributed by atoms with Crippen molar-refractivity contribution in [3.63, 3.8) is 0 Å². The monoisotopic (exact) mass is 371 g/mol. The van der Waals surface area contributed by atoms with Crippen molar-refractivity contribution in [2.75, 3.05) is 0 Å². The van der Waals surface area contributed by atoms with E-state index < -0.39 is 0 Å². The maximum Gasteiger partial charge on any atom is 0.156 e. The van der Waals surface area contributed by atoms with Gasteiger partial charge >= 0.3 is 0 Å². The van der Waals surface area contributed by atoms with Crippen LogP contribution in [0.3, 0.4) is 0 Å². The van der Waals surface area contributed by atoms with Crippen molar-refractivity contribution in [1.82, 2.24) is 0 Å². The molecule has 5 rings (SSSR count). The van der Waals surface area contributed by atoms with Crippen molar-refractivity contribution in [1.29, 1.82) is 0 Å². The summed E-state index contributed by atoms with van der Waals surface area (Å²) in [5.74, 6) is 4.30. The minimum Gasteiger partial charge on any atom is -0.209 e. The van der Waals surface area contributed by atoms with Crippen LogP contribution in [0.5, 0.6) is 0 Å². The van der Waals surface area contributed by atoms with Gasteiger partial charge in [0.2, 0.25) is 0 Å². The summed E-state index contributed by atoms with van der Waals surface area (Å²) >= 11 is 0. The zero-order chi connectivity index (χ0) is 15.9. The number of hydrogen-bond donors (Lipinski definition) is 0. The molecular weight excluding hydrogens is 363 g/mol. The zero-order valence-electron chi connectivity index (χ0n) is 12.5. The van der Waals surface area contributed by atoms with Gasteiger partial charge in [0.1, 0.15) is 0 Å². The molecule has 0 fully saturated rings. The van der Waals surface area contributed by atoms with Crippen molar-refractivity contribution in [2.24, 2.45) is 39.9 Å². The van der Waals surface area contributed by atoms with Gasteiger partial charge in [-0.3, -0.25) is 0 Å². The third kappa shape index (κ3) is 3.10. The van der Waals surface area contributed by atoms with E-state index in [9.17, 15) is 0 Å². The van der Waals surface area contributed by atoms with Gasteiger partial charge in [-0.2, -0.15) is 0 Å². The minimum atomic E-state index is 0. The summed E-state index contributed by atoms with van der Waals surface area (Å²) in [5.41, 5.74) is 0. The molecule has 8 bridgehead atoms. The van der Waals surface area contributed by atoms with E-state index in [0.717, 1.165) is 0 Å². The van der Waals surface area contributed by atoms with E-state index in [4.69, 9.17) is 0 Å². The molecule has 0 spiro atoms. The Hall–Kier alpha value is -3.17. The molecule has 0 atom stereocenters. The summed E-state index contributed by atoms with van der Waals surface area (Å²) in [5, 5.41) is 0. The van der Waals surface area contributed by atoms with Gasteiger partial charge in [-0.05, 0) is 48.6 Å². The first-order valence-electron chi connectivity index (χ1n) is 7.22. The van der Waals surface area contributed by atoms with E-state index in [0.29, 0.717) is 46.7 Å². The maximum atomic E-state index is 4.37. The smallest absolute Gasteiger partial charge is 0.156 e. The molecule has 5 heterocycles. The molecule has 0 saturated carbocycles. The standard InChI is InChI=1S/C16H8N8.Co/c1-2-10-17-9(1)21-11-3-4-13(18-11)23-15-7-8-16(20-15)24-14-6-5-12(19-14)22-10;/h1-8H;/b21-9-,21-11?,22-10?,22-12-,23-13-,23-15?,24-14?,24-16-;. The van der Waals surface area contributed by atoms with Gasteiger partial charge in [0.15, 0.2) is 46.7 Å². The average Bonchev–Trinajstić information content (AvgIpc) is 3.32. The van der Waals surface area contributed by atoms with Crippen LogP contribution in [0.4, 0.5) is 0 Å². The summed E-state index contributed by atoms with van der Waals surface area (Å²) in [6.07, 6.45) is 14.2. The first-order valence-corrected chi connectivity index (χ1v) is 7.22. The second-order valence-corrected chi connectivity index (χ2v) is 5.09. The van der Waals surface area contributed by atoms with E-state index in [2.05, 4.69) is 39.9 Å². The zero-order valence-corrected chi connectivity index (χ0v) is 13.6. The summed E-state index contributed by atoms with van der Waals surface area (Å²) in [4.78, 5) is 34.8. The summed E-state index contributed by atoms with van der Waals surface area (Å²) in [6.45, 7) is 0. The molecule has 0 aromatic heterocycles. The normalized spacial score (nSPS) is 30.1. The Labute approximate surface area is 152 Å². The molecule has 0 aliphatic carbocycles. The fraction of sp³-hybridized carbons (Fsp3) is 0. The van der Waals surface area contributed by atoms with Crippen LogP contribution in [-0.2, 0) is 16.8 Å². The summed E-state index contributed by atoms with van der Waals surface area (Å²) in [7, 11) is 0. The molecule has 8 nitrogen and oxygen atoms in total. The van der Waals surface area contributed by atoms with Crippen LogP contribution >= 0.6 is 0 Å². The predicted octanol–water partition coefficient (Wildman–Crippen LogP) is 1.46. The van der Waals surface area contributed by atoms with Crippen LogP contribution in [-0.4, -0.2) is 46.7 Å². The molecule has 121 valence electrons. The number of aliphatic imine (C=N–C) groups is 8. The minimum absolute atomic E-state index is 0. The molecule has 0 amide bonds. The SMILES string of the molecule is C1=C/C2=N/C3=NC(=N\C4=NC(=N\C5=NC(=N\C1=N2)/C=C5)/C=C4)/C=C3.[Co]. The van der Waals surface area contributed by atoms with Gasteiger partial charge in [-0.15, -0.1) is 0 Å². The fourth-order valence-electron chi connectivity index (χ4n) is 2.33. The fourth-order valence-corrected chi connectivity index (χ4v) is 2.33. The number of amidine groups is 8. The summed E-state index contributed by atoms with van der Waals surface area (Å²) < 4.78 is 0. The largest absolute Gasteiger partial charge is 0.209 e. The number of hydrogen-bond acceptors (Lipinski definition) is 8. The van der Waals surface area contributed by atoms with Crippen LogP contribution < -0.4 is 0 Å². The van der Waals surface area contributed by atoms with Gasteiger partial charge < -0.3 is 0 Å². The van der Waals surface area contributed by atoms with E-state index in [-0.39, 0.29) is 16.8 Å². The second kappa shape index (κ2) is 6.04. The molecule has 1 radical (unpaired) electrons. The molecule has 0 saturated heterocycles. The first-order chi connectivity index (χ1) is 11.8. The molecule has 25 heavy (non-hydrogen) atoms. The first kappa shape index (κ1) is 15.4. The maximum absolute atomic E-state index is 4.37. The van der Waals surface area contributed by atoms with Gasteiger partial charge in [-0.1, -0.05) is 0 Å². The Morgan fingerprint density at radius 2 is 0.400 bits per heavy atom. The number of fused-ring (bicyclic) bond motifs is 4. The average molecular weight is 371 g/mol. The van der Waals surface area contributed by atoms with Crippen molar-refractivity contribution in [3.8, 4) is 0 Å². The molecule has 0 N–H and O–H groups in total. The van der Waals surface area contributed by atoms with Crippen LogP contribution in [0.15, 0.2) is 88.5 Å². The Kier molecular flexibility index (Phi) is 3.71. The summed E-state index contributed by atoms with van der Waals surface area (Å²) in [6, 6.07) is 0. The van der Waals surface area contributed by atoms with Crippen molar-refractivity contribution in [3.05, 3.63) is 48.6 Å². The molecule has 5 aliphatic heterocycles. The van der Waals surface area contributed by atoms with Crippen molar-refractivity contribution < 1.29 is 16.8 Å². The molecular formula is C16H8CoN8. The van der Waals surface area contributed by atoms with Crippen LogP contribution in [0.25, 0.3) is 0 Å². The van der Waals surface area contributed by atoms with Crippen molar-refractivity contribution in [2.45, 2.75) is 0 Å². The van der Waals surface area contributed by atoms with E-state index in [1.807, 2.05) is 0 Å². The predicted molar refractivity (Wildman–Crippen MR) is 96.0 cm³/mol. The Bertz CT molecular complexity index is 854. The van der Waals surface area contributed by atoms with Gasteiger partial charge in [0, 0.05) is 16.8 Å². The molecule has 0 aromatic carbocycles. The van der Waals surface area contributed by atoms with Crippen LogP contribution in [0, 0.1) is 0 Å². The third-order valence-electron chi connectivity index (χ3n) is 3.36. The molecule has 9 heteroatoms. The number of nitrogens with zero attached hydrogens (tertiary/aromatic N) is 8. The van der Waals surface area contributed by atoms with E-state index in [1.165, 1.54) is 0 Å². The van der Waals surface area contributed by atoms with Gasteiger partial charge in [0.05, 0.1) is 0 Å².